The number of methoxy groups -OCH3 is 1. The van der Waals surface area contributed by atoms with Gasteiger partial charge in [0.2, 0.25) is 5.82 Å². The number of ether oxygens (including phenoxy) is 1. The third kappa shape index (κ3) is 3.22. The number of aromatic amines is 1. The predicted molar refractivity (Wildman–Crippen MR) is 78.6 cm³/mol. The number of hydrogen-bond acceptors (Lipinski definition) is 5. The van der Waals surface area contributed by atoms with E-state index in [9.17, 15) is 14.0 Å². The zero-order chi connectivity index (χ0) is 15.6. The second-order valence-electron chi connectivity index (χ2n) is 3.83. The van der Waals surface area contributed by atoms with Crippen molar-refractivity contribution in [3.63, 3.8) is 0 Å². The molecule has 0 spiro atoms. The molecule has 1 aromatic heterocycles. The first-order valence-electron chi connectivity index (χ1n) is 5.52. The molecule has 0 radical (unpaired) electrons. The lowest BCUT2D eigenvalue weighted by molar-refractivity contribution is 0.0593. The van der Waals surface area contributed by atoms with Gasteiger partial charge in [-0.1, -0.05) is 27.5 Å². The number of H-pyrrole nitrogens is 1. The maximum Gasteiger partial charge on any atom is 0.360 e. The molecule has 0 unspecified atom stereocenters. The average molecular weight is 377 g/mol. The van der Waals surface area contributed by atoms with Crippen LogP contribution in [0.3, 0.4) is 0 Å². The first-order valence-corrected chi connectivity index (χ1v) is 6.69. The summed E-state index contributed by atoms with van der Waals surface area (Å²) in [5.41, 5.74) is -1.57. The summed E-state index contributed by atoms with van der Waals surface area (Å²) in [7, 11) is 1.11. The Bertz CT molecular complexity index is 766. The first-order chi connectivity index (χ1) is 9.93. The van der Waals surface area contributed by atoms with E-state index in [1.807, 2.05) is 5.10 Å². The number of carbonyl (C=O) groups is 1. The van der Waals surface area contributed by atoms with Gasteiger partial charge >= 0.3 is 11.5 Å². The largest absolute Gasteiger partial charge is 0.464 e. The third-order valence-corrected chi connectivity index (χ3v) is 3.30. The molecule has 9 heteroatoms. The van der Waals surface area contributed by atoms with Crippen molar-refractivity contribution in [3.8, 4) is 0 Å². The van der Waals surface area contributed by atoms with Gasteiger partial charge in [0.05, 0.1) is 17.8 Å². The lowest BCUT2D eigenvalue weighted by atomic mass is 10.2. The summed E-state index contributed by atoms with van der Waals surface area (Å²) < 4.78 is 19.2. The van der Waals surface area contributed by atoms with E-state index in [1.165, 1.54) is 0 Å². The second-order valence-corrected chi connectivity index (χ2v) is 5.15. The Hall–Kier alpha value is -1.93. The molecule has 2 aromatic rings. The molecule has 0 amide bonds. The minimum Gasteiger partial charge on any atom is -0.464 e. The molecule has 0 fully saturated rings. The number of anilines is 2. The summed E-state index contributed by atoms with van der Waals surface area (Å²) in [5.74, 6) is -2.09. The second kappa shape index (κ2) is 6.23. The van der Waals surface area contributed by atoms with Crippen LogP contribution < -0.4 is 10.9 Å². The number of esters is 1. The quantitative estimate of drug-likeness (QED) is 0.805. The van der Waals surface area contributed by atoms with Crippen molar-refractivity contribution in [1.29, 1.82) is 0 Å². The highest BCUT2D eigenvalue weighted by molar-refractivity contribution is 9.10. The number of benzene rings is 1. The zero-order valence-corrected chi connectivity index (χ0v) is 12.9. The highest BCUT2D eigenvalue weighted by atomic mass is 79.9. The van der Waals surface area contributed by atoms with Gasteiger partial charge < -0.3 is 10.1 Å². The number of aromatic nitrogens is 2. The summed E-state index contributed by atoms with van der Waals surface area (Å²) in [6.45, 7) is 0. The van der Waals surface area contributed by atoms with Gasteiger partial charge in [-0.2, -0.15) is 9.49 Å². The number of carbonyl (C=O) groups excluding carboxylic acids is 1. The summed E-state index contributed by atoms with van der Waals surface area (Å²) in [6, 6.07) is 4.78. The van der Waals surface area contributed by atoms with Crippen LogP contribution in [0.15, 0.2) is 27.5 Å². The number of rotatable bonds is 3. The van der Waals surface area contributed by atoms with Gasteiger partial charge in [-0.15, -0.1) is 0 Å². The van der Waals surface area contributed by atoms with Gasteiger partial charge in [0.25, 0.3) is 0 Å². The molecule has 0 bridgehead atoms. The normalized spacial score (nSPS) is 10.3. The van der Waals surface area contributed by atoms with Crippen LogP contribution in [-0.4, -0.2) is 23.3 Å². The van der Waals surface area contributed by atoms with E-state index >= 15 is 0 Å². The van der Waals surface area contributed by atoms with Crippen LogP contribution in [0, 0.1) is 5.82 Å². The molecule has 110 valence electrons. The molecule has 21 heavy (non-hydrogen) atoms. The van der Waals surface area contributed by atoms with Crippen LogP contribution in [0.5, 0.6) is 0 Å². The molecule has 6 nitrogen and oxygen atoms in total. The molecular formula is C12H8BrClFN3O3. The van der Waals surface area contributed by atoms with Crippen molar-refractivity contribution >= 4 is 44.9 Å². The van der Waals surface area contributed by atoms with Crippen molar-refractivity contribution in [1.82, 2.24) is 10.2 Å². The molecule has 0 aliphatic heterocycles. The Morgan fingerprint density at radius 3 is 2.86 bits per heavy atom. The zero-order valence-electron chi connectivity index (χ0n) is 10.5. The Kier molecular flexibility index (Phi) is 4.59. The molecule has 0 aliphatic carbocycles. The summed E-state index contributed by atoms with van der Waals surface area (Å²) in [5, 5.41) is 8.20. The Morgan fingerprint density at radius 2 is 2.24 bits per heavy atom. The number of halogens is 3. The van der Waals surface area contributed by atoms with E-state index in [0.717, 1.165) is 11.6 Å². The molecular weight excluding hydrogens is 369 g/mol. The van der Waals surface area contributed by atoms with Gasteiger partial charge in [-0.3, -0.25) is 4.79 Å². The van der Waals surface area contributed by atoms with Gasteiger partial charge in [0.15, 0.2) is 5.69 Å². The SMILES string of the molecule is COC(=O)c1n[nH]c(=O)c(F)c1Nc1ccc(Br)cc1Cl. The predicted octanol–water partition coefficient (Wildman–Crippen LogP) is 2.86. The van der Waals surface area contributed by atoms with Crippen LogP contribution in [0.2, 0.25) is 5.02 Å². The maximum absolute atomic E-state index is 13.9. The van der Waals surface area contributed by atoms with Gasteiger partial charge in [-0.05, 0) is 18.2 Å². The highest BCUT2D eigenvalue weighted by Crippen LogP contribution is 2.29. The average Bonchev–Trinajstić information content (AvgIpc) is 2.45. The molecule has 0 aliphatic rings. The lowest BCUT2D eigenvalue weighted by Crippen LogP contribution is -2.21. The number of nitrogens with zero attached hydrogens (tertiary/aromatic N) is 1. The van der Waals surface area contributed by atoms with Crippen LogP contribution >= 0.6 is 27.5 Å². The highest BCUT2D eigenvalue weighted by Gasteiger charge is 2.21. The molecule has 0 atom stereocenters. The Morgan fingerprint density at radius 1 is 1.52 bits per heavy atom. The van der Waals surface area contributed by atoms with Crippen LogP contribution in [0.1, 0.15) is 10.5 Å². The van der Waals surface area contributed by atoms with E-state index in [0.29, 0.717) is 5.69 Å². The van der Waals surface area contributed by atoms with Gasteiger partial charge in [0.1, 0.15) is 5.69 Å². The van der Waals surface area contributed by atoms with Gasteiger partial charge in [0, 0.05) is 4.47 Å². The lowest BCUT2D eigenvalue weighted by Gasteiger charge is -2.11. The standard InChI is InChI=1S/C12H8BrClFN3O3/c1-21-12(20)10-9(8(15)11(19)18-17-10)16-7-3-2-5(13)4-6(7)14/h2-4H,1H3,(H2,16,18,19). The van der Waals surface area contributed by atoms with Crippen LogP contribution in [0.4, 0.5) is 15.8 Å². The smallest absolute Gasteiger partial charge is 0.360 e. The van der Waals surface area contributed by atoms with Crippen molar-refractivity contribution in [2.24, 2.45) is 0 Å². The monoisotopic (exact) mass is 375 g/mol. The number of nitrogens with one attached hydrogen (secondary N) is 2. The molecule has 2 rings (SSSR count). The summed E-state index contributed by atoms with van der Waals surface area (Å²) >= 11 is 9.23. The summed E-state index contributed by atoms with van der Waals surface area (Å²) in [6.07, 6.45) is 0. The Balaban J connectivity index is 2.54. The molecule has 2 N–H and O–H groups in total. The topological polar surface area (TPSA) is 84.1 Å². The van der Waals surface area contributed by atoms with E-state index in [2.05, 4.69) is 31.1 Å². The summed E-state index contributed by atoms with van der Waals surface area (Å²) in [4.78, 5) is 22.9. The fourth-order valence-electron chi connectivity index (χ4n) is 1.51. The Labute approximate surface area is 131 Å². The first kappa shape index (κ1) is 15.5. The van der Waals surface area contributed by atoms with Crippen molar-refractivity contribution < 1.29 is 13.9 Å². The van der Waals surface area contributed by atoms with Gasteiger partial charge in [-0.25, -0.2) is 9.89 Å². The molecule has 1 heterocycles. The minimum atomic E-state index is -1.19. The van der Waals surface area contributed by atoms with Crippen molar-refractivity contribution in [2.45, 2.75) is 0 Å². The number of hydrogen-bond donors (Lipinski definition) is 2. The maximum atomic E-state index is 13.9. The minimum absolute atomic E-state index is 0.264. The van der Waals surface area contributed by atoms with E-state index in [4.69, 9.17) is 11.6 Å². The fraction of sp³-hybridized carbons (Fsp3) is 0.0833. The van der Waals surface area contributed by atoms with Crippen molar-refractivity contribution in [2.75, 3.05) is 12.4 Å². The van der Waals surface area contributed by atoms with Crippen molar-refractivity contribution in [3.05, 3.63) is 49.6 Å². The van der Waals surface area contributed by atoms with Crippen LogP contribution in [-0.2, 0) is 4.74 Å². The molecule has 0 saturated carbocycles. The van der Waals surface area contributed by atoms with Crippen LogP contribution in [0.25, 0.3) is 0 Å². The molecule has 0 saturated heterocycles. The van der Waals surface area contributed by atoms with E-state index in [1.54, 1.807) is 18.2 Å². The van der Waals surface area contributed by atoms with E-state index in [-0.39, 0.29) is 5.02 Å². The van der Waals surface area contributed by atoms with E-state index < -0.39 is 28.7 Å². The third-order valence-electron chi connectivity index (χ3n) is 2.49. The molecule has 1 aromatic carbocycles. The fourth-order valence-corrected chi connectivity index (χ4v) is 2.23.